The van der Waals surface area contributed by atoms with Crippen LogP contribution in [0.2, 0.25) is 0 Å². The fraction of sp³-hybridized carbons (Fsp3) is 0.276. The molecule has 0 radical (unpaired) electrons. The van der Waals surface area contributed by atoms with Crippen molar-refractivity contribution in [2.45, 2.75) is 54.2 Å². The van der Waals surface area contributed by atoms with Gasteiger partial charge in [-0.15, -0.1) is 10.2 Å². The van der Waals surface area contributed by atoms with E-state index in [1.54, 1.807) is 30.3 Å². The Hall–Kier alpha value is -3.41. The van der Waals surface area contributed by atoms with Crippen molar-refractivity contribution in [2.24, 2.45) is 0 Å². The summed E-state index contributed by atoms with van der Waals surface area (Å²) in [5, 5.41) is 11.4. The lowest BCUT2D eigenvalue weighted by atomic mass is 9.86. The van der Waals surface area contributed by atoms with Gasteiger partial charge in [-0.1, -0.05) is 98.0 Å². The molecule has 0 saturated heterocycles. The van der Waals surface area contributed by atoms with Gasteiger partial charge in [-0.2, -0.15) is 0 Å². The fourth-order valence-corrected chi connectivity index (χ4v) is 7.32. The van der Waals surface area contributed by atoms with Gasteiger partial charge in [0.15, 0.2) is 10.4 Å². The third kappa shape index (κ3) is 6.16. The molecule has 1 aliphatic heterocycles. The number of fused-ring (bicyclic) bond motifs is 1. The van der Waals surface area contributed by atoms with Crippen LogP contribution in [0.3, 0.4) is 0 Å². The Bertz CT molecular complexity index is 1620. The Balaban J connectivity index is 1.39. The lowest BCUT2D eigenvalue weighted by Crippen LogP contribution is -2.49. The maximum atomic E-state index is 13.9. The van der Waals surface area contributed by atoms with Crippen molar-refractivity contribution in [3.8, 4) is 5.75 Å². The summed E-state index contributed by atoms with van der Waals surface area (Å²) in [5.41, 5.74) is 3.26. The van der Waals surface area contributed by atoms with E-state index in [9.17, 15) is 13.2 Å². The Labute approximate surface area is 242 Å². The van der Waals surface area contributed by atoms with Gasteiger partial charge in [-0.25, -0.2) is 8.42 Å². The summed E-state index contributed by atoms with van der Waals surface area (Å²) in [6.07, 6.45) is -1.09. The molecule has 1 aliphatic rings. The van der Waals surface area contributed by atoms with Crippen molar-refractivity contribution in [2.75, 3.05) is 16.2 Å². The van der Waals surface area contributed by atoms with E-state index in [1.165, 1.54) is 27.4 Å². The van der Waals surface area contributed by atoms with E-state index < -0.39 is 22.0 Å². The van der Waals surface area contributed by atoms with Crippen LogP contribution in [0.25, 0.3) is 0 Å². The minimum atomic E-state index is -3.98. The number of carbonyl (C=O) groups is 1. The smallest absolute Gasteiger partial charge is 0.269 e. The van der Waals surface area contributed by atoms with E-state index in [-0.39, 0.29) is 16.9 Å². The van der Waals surface area contributed by atoms with Crippen LogP contribution in [0.15, 0.2) is 82.0 Å². The van der Waals surface area contributed by atoms with E-state index in [0.29, 0.717) is 20.9 Å². The summed E-state index contributed by atoms with van der Waals surface area (Å²) in [6, 6.07) is 22.1. The summed E-state index contributed by atoms with van der Waals surface area (Å²) < 4.78 is 35.8. The molecule has 0 aliphatic carbocycles. The monoisotopic (exact) mass is 594 g/mol. The van der Waals surface area contributed by atoms with E-state index >= 15 is 0 Å². The van der Waals surface area contributed by atoms with Crippen molar-refractivity contribution in [3.63, 3.8) is 0 Å². The quantitative estimate of drug-likeness (QED) is 0.206. The van der Waals surface area contributed by atoms with Gasteiger partial charge in [0, 0.05) is 5.75 Å². The second-order valence-electron chi connectivity index (χ2n) is 10.5. The number of nitrogens with zero attached hydrogens (tertiary/aromatic N) is 3. The van der Waals surface area contributed by atoms with Crippen molar-refractivity contribution in [3.05, 3.63) is 89.5 Å². The zero-order valence-electron chi connectivity index (χ0n) is 22.6. The molecule has 40 heavy (non-hydrogen) atoms. The molecular formula is C29H30N4O4S3. The molecule has 5 rings (SSSR count). The van der Waals surface area contributed by atoms with Crippen LogP contribution in [0.1, 0.15) is 37.5 Å². The van der Waals surface area contributed by atoms with Gasteiger partial charge in [0.25, 0.3) is 15.9 Å². The van der Waals surface area contributed by atoms with Gasteiger partial charge in [0.05, 0.1) is 17.1 Å². The average Bonchev–Trinajstić information content (AvgIpc) is 3.38. The van der Waals surface area contributed by atoms with E-state index in [0.717, 1.165) is 22.4 Å². The number of anilines is 2. The summed E-state index contributed by atoms with van der Waals surface area (Å²) in [6.45, 7) is 7.89. The van der Waals surface area contributed by atoms with Crippen molar-refractivity contribution < 1.29 is 17.9 Å². The number of benzene rings is 3. The molecule has 4 aromatic rings. The van der Waals surface area contributed by atoms with Crippen molar-refractivity contribution in [1.29, 1.82) is 0 Å². The number of hydrogen-bond donors (Lipinski definition) is 1. The van der Waals surface area contributed by atoms with Crippen LogP contribution in [0.4, 0.5) is 10.8 Å². The molecule has 208 valence electrons. The maximum absolute atomic E-state index is 13.9. The molecule has 8 nitrogen and oxygen atoms in total. The molecular weight excluding hydrogens is 565 g/mol. The Morgan fingerprint density at radius 3 is 2.50 bits per heavy atom. The third-order valence-corrected chi connectivity index (χ3v) is 10.3. The normalized spacial score (nSPS) is 15.3. The zero-order chi connectivity index (χ0) is 28.5. The van der Waals surface area contributed by atoms with Gasteiger partial charge >= 0.3 is 0 Å². The first-order valence-electron chi connectivity index (χ1n) is 12.7. The van der Waals surface area contributed by atoms with Gasteiger partial charge in [0.2, 0.25) is 5.13 Å². The SMILES string of the molecule is Cc1ccc(S(=O)(=O)N2CC(C(=O)Nc3nnc(SCc4ccccc4)s3)Oc3ccc(C(C)(C)C)cc32)cc1. The summed E-state index contributed by atoms with van der Waals surface area (Å²) >= 11 is 2.79. The van der Waals surface area contributed by atoms with E-state index in [4.69, 9.17) is 4.74 Å². The van der Waals surface area contributed by atoms with Crippen LogP contribution in [-0.4, -0.2) is 37.2 Å². The van der Waals surface area contributed by atoms with Gasteiger partial charge < -0.3 is 4.74 Å². The number of amides is 1. The van der Waals surface area contributed by atoms with Crippen molar-refractivity contribution in [1.82, 2.24) is 10.2 Å². The minimum Gasteiger partial charge on any atom is -0.476 e. The first-order valence-corrected chi connectivity index (χ1v) is 16.0. The highest BCUT2D eigenvalue weighted by Crippen LogP contribution is 2.40. The Morgan fingerprint density at radius 2 is 1.80 bits per heavy atom. The fourth-order valence-electron chi connectivity index (χ4n) is 4.14. The van der Waals surface area contributed by atoms with Crippen LogP contribution >= 0.6 is 23.1 Å². The predicted molar refractivity (Wildman–Crippen MR) is 160 cm³/mol. The Morgan fingerprint density at radius 1 is 1.07 bits per heavy atom. The first-order chi connectivity index (χ1) is 19.0. The molecule has 1 unspecified atom stereocenters. The number of carbonyl (C=O) groups excluding carboxylic acids is 1. The summed E-state index contributed by atoms with van der Waals surface area (Å²) in [4.78, 5) is 13.5. The molecule has 11 heteroatoms. The van der Waals surface area contributed by atoms with Crippen LogP contribution < -0.4 is 14.4 Å². The molecule has 0 fully saturated rings. The van der Waals surface area contributed by atoms with Crippen LogP contribution in [-0.2, 0) is 26.0 Å². The number of aryl methyl sites for hydroxylation is 1. The molecule has 1 amide bonds. The molecule has 3 aromatic carbocycles. The van der Waals surface area contributed by atoms with Crippen molar-refractivity contribution >= 4 is 49.8 Å². The number of rotatable bonds is 7. The Kier molecular flexibility index (Phi) is 7.89. The number of sulfonamides is 1. The zero-order valence-corrected chi connectivity index (χ0v) is 25.1. The third-order valence-electron chi connectivity index (χ3n) is 6.44. The van der Waals surface area contributed by atoms with Gasteiger partial charge in [-0.05, 0) is 47.7 Å². The summed E-state index contributed by atoms with van der Waals surface area (Å²) in [7, 11) is -3.98. The number of aromatic nitrogens is 2. The van der Waals surface area contributed by atoms with E-state index in [1.807, 2.05) is 49.4 Å². The predicted octanol–water partition coefficient (Wildman–Crippen LogP) is 6.03. The largest absolute Gasteiger partial charge is 0.476 e. The standard InChI is InChI=1S/C29H30N4O4S3/c1-19-10-13-22(14-11-19)40(35,36)33-17-25(37-24-15-12-21(16-23(24)33)29(2,3)4)26(34)30-27-31-32-28(39-27)38-18-20-8-6-5-7-9-20/h5-16,25H,17-18H2,1-4H3,(H,30,31,34). The topological polar surface area (TPSA) is 101 Å². The second-order valence-corrected chi connectivity index (χ2v) is 14.6. The number of thioether (sulfide) groups is 1. The molecule has 0 bridgehead atoms. The lowest BCUT2D eigenvalue weighted by Gasteiger charge is -2.35. The van der Waals surface area contributed by atoms with E-state index in [2.05, 4.69) is 36.3 Å². The van der Waals surface area contributed by atoms with Crippen LogP contribution in [0.5, 0.6) is 5.75 Å². The molecule has 1 aromatic heterocycles. The maximum Gasteiger partial charge on any atom is 0.269 e. The molecule has 1 N–H and O–H groups in total. The van der Waals surface area contributed by atoms with Crippen LogP contribution in [0, 0.1) is 6.92 Å². The van der Waals surface area contributed by atoms with Gasteiger partial charge in [0.1, 0.15) is 5.75 Å². The molecule has 1 atom stereocenters. The average molecular weight is 595 g/mol. The molecule has 0 spiro atoms. The highest BCUT2D eigenvalue weighted by molar-refractivity contribution is 8.00. The molecule has 2 heterocycles. The number of hydrogen-bond acceptors (Lipinski definition) is 8. The number of nitrogens with one attached hydrogen (secondary N) is 1. The highest BCUT2D eigenvalue weighted by atomic mass is 32.2. The summed E-state index contributed by atoms with van der Waals surface area (Å²) in [5.74, 6) is 0.561. The highest BCUT2D eigenvalue weighted by Gasteiger charge is 2.38. The second kappa shape index (κ2) is 11.2. The lowest BCUT2D eigenvalue weighted by molar-refractivity contribution is -0.122. The first kappa shape index (κ1) is 28.1. The minimum absolute atomic E-state index is 0.149. The number of ether oxygens (including phenoxy) is 1. The van der Waals surface area contributed by atoms with Gasteiger partial charge in [-0.3, -0.25) is 14.4 Å². The molecule has 0 saturated carbocycles.